The minimum absolute atomic E-state index is 0.246. The highest BCUT2D eigenvalue weighted by Gasteiger charge is 2.56. The Bertz CT molecular complexity index is 752. The van der Waals surface area contributed by atoms with Crippen molar-refractivity contribution in [1.29, 1.82) is 0 Å². The van der Waals surface area contributed by atoms with Crippen molar-refractivity contribution >= 4 is 5.78 Å². The molecule has 4 rings (SSSR count). The second-order valence-electron chi connectivity index (χ2n) is 11.6. The van der Waals surface area contributed by atoms with Gasteiger partial charge in [0.15, 0.2) is 5.78 Å². The van der Waals surface area contributed by atoms with Crippen LogP contribution in [0.3, 0.4) is 0 Å². The highest BCUT2D eigenvalue weighted by molar-refractivity contribution is 5.91. The molecular formula is C28H42O. The normalized spacial score (nSPS) is 41.5. The Hall–Kier alpha value is -1.11. The average molecular weight is 395 g/mol. The molecule has 1 nitrogen and oxygen atoms in total. The summed E-state index contributed by atoms with van der Waals surface area (Å²) in [6.07, 6.45) is 17.9. The number of rotatable bonds is 4. The largest absolute Gasteiger partial charge is 0.295 e. The molecule has 0 aromatic carbocycles. The summed E-state index contributed by atoms with van der Waals surface area (Å²) in [6.45, 7) is 14.6. The first kappa shape index (κ1) is 21.1. The summed E-state index contributed by atoms with van der Waals surface area (Å²) in [7, 11) is 0. The lowest BCUT2D eigenvalue weighted by Crippen LogP contribution is -2.46. The third-order valence-electron chi connectivity index (χ3n) is 9.88. The van der Waals surface area contributed by atoms with E-state index in [1.807, 2.05) is 6.08 Å². The zero-order chi connectivity index (χ0) is 21.0. The molecule has 0 amide bonds. The fourth-order valence-corrected chi connectivity index (χ4v) is 7.47. The molecule has 1 heteroatoms. The average Bonchev–Trinajstić information content (AvgIpc) is 3.03. The van der Waals surface area contributed by atoms with Crippen LogP contribution in [0.2, 0.25) is 0 Å². The Morgan fingerprint density at radius 1 is 1.00 bits per heavy atom. The van der Waals surface area contributed by atoms with Gasteiger partial charge in [-0.15, -0.1) is 0 Å². The smallest absolute Gasteiger partial charge is 0.155 e. The highest BCUT2D eigenvalue weighted by atomic mass is 16.1. The maximum atomic E-state index is 12.0. The molecule has 7 atom stereocenters. The lowest BCUT2D eigenvalue weighted by Gasteiger charge is -2.54. The van der Waals surface area contributed by atoms with E-state index < -0.39 is 0 Å². The van der Waals surface area contributed by atoms with Gasteiger partial charge in [-0.2, -0.15) is 0 Å². The first-order valence-electron chi connectivity index (χ1n) is 12.3. The van der Waals surface area contributed by atoms with Crippen LogP contribution in [0.5, 0.6) is 0 Å². The second kappa shape index (κ2) is 7.54. The molecule has 29 heavy (non-hydrogen) atoms. The van der Waals surface area contributed by atoms with Gasteiger partial charge in [-0.3, -0.25) is 4.79 Å². The number of carbonyl (C=O) groups is 1. The minimum Gasteiger partial charge on any atom is -0.295 e. The zero-order valence-electron chi connectivity index (χ0n) is 19.6. The molecular weight excluding hydrogens is 352 g/mol. The Labute approximate surface area is 179 Å². The summed E-state index contributed by atoms with van der Waals surface area (Å²) in [4.78, 5) is 12.0. The van der Waals surface area contributed by atoms with Crippen LogP contribution in [-0.2, 0) is 4.79 Å². The topological polar surface area (TPSA) is 17.1 Å². The molecule has 0 saturated heterocycles. The highest BCUT2D eigenvalue weighted by Crippen LogP contribution is 2.66. The summed E-state index contributed by atoms with van der Waals surface area (Å²) in [5.41, 5.74) is 3.91. The van der Waals surface area contributed by atoms with Gasteiger partial charge in [-0.25, -0.2) is 0 Å². The molecule has 0 aromatic rings. The van der Waals surface area contributed by atoms with E-state index >= 15 is 0 Å². The maximum absolute atomic E-state index is 12.0. The molecule has 0 radical (unpaired) electrons. The Kier molecular flexibility index (Phi) is 5.50. The molecule has 0 aliphatic heterocycles. The molecule has 0 heterocycles. The van der Waals surface area contributed by atoms with Gasteiger partial charge in [0, 0.05) is 6.42 Å². The van der Waals surface area contributed by atoms with Gasteiger partial charge in [0.1, 0.15) is 0 Å². The monoisotopic (exact) mass is 394 g/mol. The van der Waals surface area contributed by atoms with Gasteiger partial charge in [0.2, 0.25) is 0 Å². The van der Waals surface area contributed by atoms with Crippen molar-refractivity contribution in [2.45, 2.75) is 86.5 Å². The van der Waals surface area contributed by atoms with Crippen LogP contribution in [0.1, 0.15) is 86.5 Å². The second-order valence-corrected chi connectivity index (χ2v) is 11.6. The van der Waals surface area contributed by atoms with Gasteiger partial charge in [-0.1, -0.05) is 70.9 Å². The summed E-state index contributed by atoms with van der Waals surface area (Å²) in [5.74, 6) is 4.66. The summed E-state index contributed by atoms with van der Waals surface area (Å²) in [6, 6.07) is 0. The number of ketones is 1. The standard InChI is InChI=1S/C28H42O/c1-18(2)19(3)7-8-20(4)24-11-12-25-23-10-9-21-17-22(29)13-15-27(21,5)26(23)14-16-28(24,25)6/h7-8,10,17-20,24-26H,9,11-16H2,1-6H3/b8-7+/t19-,20+,24+,25-,26+,27+,28+/m1/s1. The van der Waals surface area contributed by atoms with Crippen molar-refractivity contribution < 1.29 is 4.79 Å². The van der Waals surface area contributed by atoms with Crippen molar-refractivity contribution in [3.63, 3.8) is 0 Å². The van der Waals surface area contributed by atoms with Crippen molar-refractivity contribution in [1.82, 2.24) is 0 Å². The van der Waals surface area contributed by atoms with Crippen LogP contribution in [0.15, 0.2) is 35.5 Å². The van der Waals surface area contributed by atoms with Gasteiger partial charge >= 0.3 is 0 Å². The van der Waals surface area contributed by atoms with Crippen LogP contribution in [0.4, 0.5) is 0 Å². The van der Waals surface area contributed by atoms with Crippen molar-refractivity contribution in [3.8, 4) is 0 Å². The summed E-state index contributed by atoms with van der Waals surface area (Å²) >= 11 is 0. The van der Waals surface area contributed by atoms with E-state index in [9.17, 15) is 4.79 Å². The number of carbonyl (C=O) groups excluding carboxylic acids is 1. The van der Waals surface area contributed by atoms with Crippen LogP contribution >= 0.6 is 0 Å². The summed E-state index contributed by atoms with van der Waals surface area (Å²) in [5, 5.41) is 0. The molecule has 0 spiro atoms. The van der Waals surface area contributed by atoms with E-state index in [2.05, 4.69) is 59.8 Å². The molecule has 0 bridgehead atoms. The number of allylic oxidation sites excluding steroid dienone is 6. The van der Waals surface area contributed by atoms with E-state index in [0.717, 1.165) is 37.0 Å². The molecule has 4 aliphatic carbocycles. The predicted octanol–water partition coefficient (Wildman–Crippen LogP) is 7.54. The first-order chi connectivity index (χ1) is 13.7. The SMILES string of the molecule is CC(C)[C@H](C)/C=C/[C@H](C)[C@@H]1CC[C@@H]2C3=CCC4=CC(=O)CC[C@]4(C)[C@H]3CC[C@]21C. The Morgan fingerprint density at radius 2 is 1.76 bits per heavy atom. The zero-order valence-corrected chi connectivity index (χ0v) is 19.6. The molecule has 2 saturated carbocycles. The number of hydrogen-bond donors (Lipinski definition) is 0. The lowest BCUT2D eigenvalue weighted by atomic mass is 9.50. The quantitative estimate of drug-likeness (QED) is 0.450. The third kappa shape index (κ3) is 3.41. The molecule has 2 fully saturated rings. The van der Waals surface area contributed by atoms with Crippen molar-refractivity contribution in [2.75, 3.05) is 0 Å². The fraction of sp³-hybridized carbons (Fsp3) is 0.750. The van der Waals surface area contributed by atoms with E-state index in [0.29, 0.717) is 29.0 Å². The maximum Gasteiger partial charge on any atom is 0.155 e. The molecule has 0 unspecified atom stereocenters. The van der Waals surface area contributed by atoms with Gasteiger partial charge in [0.05, 0.1) is 0 Å². The van der Waals surface area contributed by atoms with Crippen LogP contribution in [-0.4, -0.2) is 5.78 Å². The first-order valence-corrected chi connectivity index (χ1v) is 12.3. The lowest BCUT2D eigenvalue weighted by molar-refractivity contribution is -0.116. The molecule has 160 valence electrons. The Morgan fingerprint density at radius 3 is 2.48 bits per heavy atom. The minimum atomic E-state index is 0.246. The summed E-state index contributed by atoms with van der Waals surface area (Å²) < 4.78 is 0. The van der Waals surface area contributed by atoms with Crippen molar-refractivity contribution in [2.24, 2.45) is 46.3 Å². The van der Waals surface area contributed by atoms with Crippen LogP contribution in [0, 0.1) is 46.3 Å². The van der Waals surface area contributed by atoms with Gasteiger partial charge < -0.3 is 0 Å². The van der Waals surface area contributed by atoms with E-state index in [-0.39, 0.29) is 5.41 Å². The predicted molar refractivity (Wildman–Crippen MR) is 122 cm³/mol. The van der Waals surface area contributed by atoms with E-state index in [4.69, 9.17) is 0 Å². The van der Waals surface area contributed by atoms with Crippen LogP contribution in [0.25, 0.3) is 0 Å². The number of hydrogen-bond acceptors (Lipinski definition) is 1. The molecule has 4 aliphatic rings. The van der Waals surface area contributed by atoms with Gasteiger partial charge in [0.25, 0.3) is 0 Å². The van der Waals surface area contributed by atoms with Crippen molar-refractivity contribution in [3.05, 3.63) is 35.5 Å². The van der Waals surface area contributed by atoms with Gasteiger partial charge in [-0.05, 0) is 90.9 Å². The number of fused-ring (bicyclic) bond motifs is 5. The third-order valence-corrected chi connectivity index (χ3v) is 9.88. The van der Waals surface area contributed by atoms with E-state index in [1.54, 1.807) is 5.57 Å². The van der Waals surface area contributed by atoms with E-state index in [1.165, 1.54) is 31.3 Å². The molecule has 0 aromatic heterocycles. The molecule has 0 N–H and O–H groups in total. The van der Waals surface area contributed by atoms with Crippen LogP contribution < -0.4 is 0 Å². The fourth-order valence-electron chi connectivity index (χ4n) is 7.47. The Balaban J connectivity index is 1.57.